The van der Waals surface area contributed by atoms with Gasteiger partial charge in [0, 0.05) is 17.0 Å². The van der Waals surface area contributed by atoms with Crippen molar-refractivity contribution in [1.29, 1.82) is 0 Å². The van der Waals surface area contributed by atoms with Crippen molar-refractivity contribution in [3.05, 3.63) is 41.6 Å². The molecule has 0 aliphatic carbocycles. The van der Waals surface area contributed by atoms with E-state index in [1.165, 1.54) is 0 Å². The molecule has 2 atom stereocenters. The van der Waals surface area contributed by atoms with Crippen LogP contribution in [0.5, 0.6) is 11.6 Å². The first-order valence-corrected chi connectivity index (χ1v) is 9.93. The second-order valence-electron chi connectivity index (χ2n) is 7.06. The molecule has 4 aromatic rings. The summed E-state index contributed by atoms with van der Waals surface area (Å²) < 4.78 is 12.2. The molecule has 7 heteroatoms. The number of rotatable bonds is 3. The molecular formula is C21H19N3O3S. The van der Waals surface area contributed by atoms with Crippen LogP contribution in [0.4, 0.5) is 0 Å². The molecule has 0 fully saturated rings. The normalized spacial score (nSPS) is 18.4. The Balaban J connectivity index is 1.72. The van der Waals surface area contributed by atoms with Gasteiger partial charge in [0.2, 0.25) is 5.88 Å². The molecule has 6 nitrogen and oxygen atoms in total. The van der Waals surface area contributed by atoms with Crippen molar-refractivity contribution in [2.45, 2.75) is 25.9 Å². The van der Waals surface area contributed by atoms with Crippen LogP contribution in [0.15, 0.2) is 30.5 Å². The summed E-state index contributed by atoms with van der Waals surface area (Å²) in [6.07, 6.45) is 1.43. The maximum Gasteiger partial charge on any atom is 0.232 e. The first-order chi connectivity index (χ1) is 13.6. The van der Waals surface area contributed by atoms with E-state index < -0.39 is 0 Å². The molecule has 5 rings (SSSR count). The minimum Gasteiger partial charge on any atom is -0.487 e. The van der Waals surface area contributed by atoms with Gasteiger partial charge < -0.3 is 14.6 Å². The molecule has 0 radical (unpaired) electrons. The van der Waals surface area contributed by atoms with Gasteiger partial charge in [-0.2, -0.15) is 0 Å². The molecular weight excluding hydrogens is 374 g/mol. The second-order valence-corrected chi connectivity index (χ2v) is 8.06. The van der Waals surface area contributed by atoms with Gasteiger partial charge in [-0.1, -0.05) is 6.92 Å². The molecule has 2 aromatic carbocycles. The molecule has 142 valence electrons. The first-order valence-electron chi connectivity index (χ1n) is 9.11. The van der Waals surface area contributed by atoms with Crippen LogP contribution < -0.4 is 9.47 Å². The minimum absolute atomic E-state index is 0.00292. The second kappa shape index (κ2) is 6.39. The Labute approximate surface area is 165 Å². The summed E-state index contributed by atoms with van der Waals surface area (Å²) in [5.41, 5.74) is 5.71. The quantitative estimate of drug-likeness (QED) is 0.565. The fourth-order valence-corrected chi connectivity index (χ4v) is 5.02. The lowest BCUT2D eigenvalue weighted by Gasteiger charge is -2.11. The Bertz CT molecular complexity index is 1220. The molecule has 3 heterocycles. The molecule has 2 aromatic heterocycles. The molecule has 1 aliphatic rings. The zero-order chi connectivity index (χ0) is 19.4. The molecule has 0 saturated carbocycles. The van der Waals surface area contributed by atoms with Gasteiger partial charge in [-0.25, -0.2) is 15.0 Å². The minimum atomic E-state index is -0.204. The van der Waals surface area contributed by atoms with Crippen molar-refractivity contribution < 1.29 is 14.6 Å². The summed E-state index contributed by atoms with van der Waals surface area (Å²) in [7, 11) is 1.59. The zero-order valence-corrected chi connectivity index (χ0v) is 16.6. The molecule has 0 bridgehead atoms. The predicted molar refractivity (Wildman–Crippen MR) is 109 cm³/mol. The van der Waals surface area contributed by atoms with Crippen LogP contribution in [0, 0.1) is 6.92 Å². The monoisotopic (exact) mass is 393 g/mol. The third-order valence-corrected chi connectivity index (χ3v) is 6.37. The Kier molecular flexibility index (Phi) is 3.96. The van der Waals surface area contributed by atoms with E-state index in [1.807, 2.05) is 25.1 Å². The van der Waals surface area contributed by atoms with Gasteiger partial charge in [0.15, 0.2) is 0 Å². The predicted octanol–water partition coefficient (Wildman–Crippen LogP) is 4.08. The van der Waals surface area contributed by atoms with Crippen molar-refractivity contribution in [2.75, 3.05) is 13.7 Å². The number of aliphatic hydroxyl groups is 1. The maximum atomic E-state index is 9.59. The Morgan fingerprint density at radius 2 is 2.07 bits per heavy atom. The van der Waals surface area contributed by atoms with Gasteiger partial charge in [-0.15, -0.1) is 11.3 Å². The number of ether oxygens (including phenoxy) is 2. The lowest BCUT2D eigenvalue weighted by atomic mass is 9.98. The fourth-order valence-electron chi connectivity index (χ4n) is 3.80. The standard InChI is InChI=1S/C21H19N3O3S/c1-10-6-12(19-14(7-10)23-17(26-3)8-22-19)21-24-13-4-5-15-18(20(13)28-21)11(2)16(9-25)27-15/h4-8,11,16,25H,9H2,1-3H3. The highest BCUT2D eigenvalue weighted by Gasteiger charge is 2.33. The van der Waals surface area contributed by atoms with Crippen LogP contribution >= 0.6 is 11.3 Å². The number of nitrogens with zero attached hydrogens (tertiary/aromatic N) is 3. The summed E-state index contributed by atoms with van der Waals surface area (Å²) in [5.74, 6) is 1.45. The van der Waals surface area contributed by atoms with Gasteiger partial charge in [0.25, 0.3) is 0 Å². The van der Waals surface area contributed by atoms with Gasteiger partial charge in [-0.05, 0) is 36.8 Å². The van der Waals surface area contributed by atoms with Crippen molar-refractivity contribution in [3.63, 3.8) is 0 Å². The van der Waals surface area contributed by atoms with Crippen LogP contribution in [0.2, 0.25) is 0 Å². The fraction of sp³-hybridized carbons (Fsp3) is 0.286. The van der Waals surface area contributed by atoms with E-state index in [4.69, 9.17) is 14.5 Å². The van der Waals surface area contributed by atoms with Crippen molar-refractivity contribution in [1.82, 2.24) is 15.0 Å². The molecule has 1 aliphatic heterocycles. The summed E-state index contributed by atoms with van der Waals surface area (Å²) in [5, 5.41) is 10.5. The molecule has 1 N–H and O–H groups in total. The van der Waals surface area contributed by atoms with Gasteiger partial charge in [0.1, 0.15) is 16.9 Å². The third-order valence-electron chi connectivity index (χ3n) is 5.24. The molecule has 0 spiro atoms. The zero-order valence-electron chi connectivity index (χ0n) is 15.8. The highest BCUT2D eigenvalue weighted by molar-refractivity contribution is 7.22. The number of benzene rings is 2. The largest absolute Gasteiger partial charge is 0.487 e. The average molecular weight is 393 g/mol. The number of aryl methyl sites for hydroxylation is 1. The average Bonchev–Trinajstić information content (AvgIpc) is 3.27. The number of hydrogen-bond acceptors (Lipinski definition) is 7. The van der Waals surface area contributed by atoms with E-state index in [0.717, 1.165) is 48.7 Å². The van der Waals surface area contributed by atoms with Gasteiger partial charge >= 0.3 is 0 Å². The van der Waals surface area contributed by atoms with E-state index in [9.17, 15) is 5.11 Å². The van der Waals surface area contributed by atoms with Gasteiger partial charge in [-0.3, -0.25) is 0 Å². The van der Waals surface area contributed by atoms with Gasteiger partial charge in [0.05, 0.1) is 41.2 Å². The van der Waals surface area contributed by atoms with Crippen LogP contribution in [0.25, 0.3) is 31.8 Å². The maximum absolute atomic E-state index is 9.59. The number of thiazole rings is 1. The Morgan fingerprint density at radius 1 is 1.21 bits per heavy atom. The number of aromatic nitrogens is 3. The van der Waals surface area contributed by atoms with Crippen LogP contribution in [0.3, 0.4) is 0 Å². The SMILES string of the molecule is COc1cnc2c(-c3nc4ccc5c(c4s3)C(C)C(CO)O5)cc(C)cc2n1. The third kappa shape index (κ3) is 2.54. The van der Waals surface area contributed by atoms with Crippen LogP contribution in [-0.4, -0.2) is 39.9 Å². The van der Waals surface area contributed by atoms with Crippen LogP contribution in [-0.2, 0) is 0 Å². The van der Waals surface area contributed by atoms with Crippen molar-refractivity contribution >= 4 is 32.6 Å². The molecule has 2 unspecified atom stereocenters. The van der Waals surface area contributed by atoms with E-state index in [-0.39, 0.29) is 18.6 Å². The summed E-state index contributed by atoms with van der Waals surface area (Å²) in [4.78, 5) is 14.0. The van der Waals surface area contributed by atoms with E-state index in [1.54, 1.807) is 24.6 Å². The number of fused-ring (bicyclic) bond motifs is 4. The molecule has 0 saturated heterocycles. The number of hydrogen-bond donors (Lipinski definition) is 1. The lowest BCUT2D eigenvalue weighted by molar-refractivity contribution is 0.120. The lowest BCUT2D eigenvalue weighted by Crippen LogP contribution is -2.20. The van der Waals surface area contributed by atoms with Crippen molar-refractivity contribution in [3.8, 4) is 22.2 Å². The van der Waals surface area contributed by atoms with E-state index in [2.05, 4.69) is 23.0 Å². The van der Waals surface area contributed by atoms with Crippen LogP contribution in [0.1, 0.15) is 24.0 Å². The molecule has 0 amide bonds. The highest BCUT2D eigenvalue weighted by Crippen LogP contribution is 2.46. The first kappa shape index (κ1) is 17.3. The Morgan fingerprint density at radius 3 is 2.86 bits per heavy atom. The van der Waals surface area contributed by atoms with E-state index >= 15 is 0 Å². The highest BCUT2D eigenvalue weighted by atomic mass is 32.1. The van der Waals surface area contributed by atoms with Crippen molar-refractivity contribution in [2.24, 2.45) is 0 Å². The summed E-state index contributed by atoms with van der Waals surface area (Å²) in [6.45, 7) is 4.13. The number of aliphatic hydroxyl groups excluding tert-OH is 1. The Hall–Kier alpha value is -2.77. The summed E-state index contributed by atoms with van der Waals surface area (Å²) >= 11 is 1.63. The smallest absolute Gasteiger partial charge is 0.232 e. The molecule has 28 heavy (non-hydrogen) atoms. The summed E-state index contributed by atoms with van der Waals surface area (Å²) in [6, 6.07) is 8.03. The number of methoxy groups -OCH3 is 1. The van der Waals surface area contributed by atoms with E-state index in [0.29, 0.717) is 5.88 Å². The topological polar surface area (TPSA) is 77.4 Å².